The number of methoxy groups -OCH3 is 1. The van der Waals surface area contributed by atoms with E-state index in [0.29, 0.717) is 19.6 Å². The fourth-order valence-corrected chi connectivity index (χ4v) is 2.95. The molecule has 1 saturated heterocycles. The average Bonchev–Trinajstić information content (AvgIpc) is 2.69. The predicted molar refractivity (Wildman–Crippen MR) is 102 cm³/mol. The van der Waals surface area contributed by atoms with E-state index in [1.807, 2.05) is 47.5 Å². The number of amides is 1. The van der Waals surface area contributed by atoms with Crippen LogP contribution in [0.3, 0.4) is 0 Å². The Labute approximate surface area is 159 Å². The molecule has 0 radical (unpaired) electrons. The molecule has 1 N–H and O–H groups in total. The highest BCUT2D eigenvalue weighted by atomic mass is 35.5. The fourth-order valence-electron chi connectivity index (χ4n) is 2.95. The second-order valence-corrected chi connectivity index (χ2v) is 5.87. The van der Waals surface area contributed by atoms with Gasteiger partial charge in [-0.25, -0.2) is 0 Å². The molecule has 2 heterocycles. The van der Waals surface area contributed by atoms with Crippen LogP contribution in [0, 0.1) is 0 Å². The minimum absolute atomic E-state index is 0. The number of pyridine rings is 1. The average molecular weight is 378 g/mol. The summed E-state index contributed by atoms with van der Waals surface area (Å²) < 4.78 is 10.8. The standard InChI is InChI=1S/C19H23N3O3.ClH/c1-24-16-4-6-17(7-5-16)25-12-8-19(23)22-11-10-21-14-18(22)15-3-2-9-20-13-15;/h2-7,9,13,18,21H,8,10-12,14H2,1H3;1H. The molecule has 3 rings (SSSR count). The number of halogens is 1. The molecule has 26 heavy (non-hydrogen) atoms. The topological polar surface area (TPSA) is 63.7 Å². The van der Waals surface area contributed by atoms with Crippen molar-refractivity contribution in [3.05, 3.63) is 54.4 Å². The first kappa shape index (κ1) is 20.0. The normalized spacial score (nSPS) is 16.5. The van der Waals surface area contributed by atoms with Crippen LogP contribution in [0.1, 0.15) is 18.0 Å². The lowest BCUT2D eigenvalue weighted by atomic mass is 10.0. The van der Waals surface area contributed by atoms with Crippen molar-refractivity contribution < 1.29 is 14.3 Å². The van der Waals surface area contributed by atoms with Crippen LogP contribution in [-0.4, -0.2) is 49.1 Å². The molecule has 0 aliphatic carbocycles. The summed E-state index contributed by atoms with van der Waals surface area (Å²) in [6.07, 6.45) is 3.92. The summed E-state index contributed by atoms with van der Waals surface area (Å²) in [5, 5.41) is 3.35. The molecule has 6 nitrogen and oxygen atoms in total. The SMILES string of the molecule is COc1ccc(OCCC(=O)N2CCNCC2c2cccnc2)cc1.Cl. The first-order valence-electron chi connectivity index (χ1n) is 8.45. The monoisotopic (exact) mass is 377 g/mol. The van der Waals surface area contributed by atoms with Crippen molar-refractivity contribution in [3.63, 3.8) is 0 Å². The molecule has 1 aliphatic rings. The Hall–Kier alpha value is -2.31. The van der Waals surface area contributed by atoms with Gasteiger partial charge in [-0.1, -0.05) is 6.07 Å². The Bertz CT molecular complexity index is 682. The van der Waals surface area contributed by atoms with E-state index in [-0.39, 0.29) is 24.4 Å². The molecule has 1 aliphatic heterocycles. The minimum atomic E-state index is 0. The summed E-state index contributed by atoms with van der Waals surface area (Å²) in [5.74, 6) is 1.62. The molecule has 1 amide bonds. The van der Waals surface area contributed by atoms with Crippen molar-refractivity contribution in [2.45, 2.75) is 12.5 Å². The van der Waals surface area contributed by atoms with Crippen LogP contribution in [0.2, 0.25) is 0 Å². The van der Waals surface area contributed by atoms with Gasteiger partial charge < -0.3 is 19.7 Å². The van der Waals surface area contributed by atoms with Gasteiger partial charge in [0.2, 0.25) is 5.91 Å². The lowest BCUT2D eigenvalue weighted by Gasteiger charge is -2.36. The summed E-state index contributed by atoms with van der Waals surface area (Å²) >= 11 is 0. The molecule has 1 unspecified atom stereocenters. The molecular weight excluding hydrogens is 354 g/mol. The maximum absolute atomic E-state index is 12.7. The number of nitrogens with one attached hydrogen (secondary N) is 1. The Morgan fingerprint density at radius 2 is 2.04 bits per heavy atom. The third-order valence-corrected chi connectivity index (χ3v) is 4.28. The lowest BCUT2D eigenvalue weighted by molar-refractivity contribution is -0.135. The van der Waals surface area contributed by atoms with Crippen molar-refractivity contribution in [2.24, 2.45) is 0 Å². The van der Waals surface area contributed by atoms with E-state index in [9.17, 15) is 4.79 Å². The second-order valence-electron chi connectivity index (χ2n) is 5.87. The van der Waals surface area contributed by atoms with Crippen molar-refractivity contribution in [1.82, 2.24) is 15.2 Å². The van der Waals surface area contributed by atoms with Crippen LogP contribution in [0.25, 0.3) is 0 Å². The zero-order chi connectivity index (χ0) is 17.5. The van der Waals surface area contributed by atoms with Gasteiger partial charge in [-0.15, -0.1) is 12.4 Å². The first-order chi connectivity index (χ1) is 12.3. The smallest absolute Gasteiger partial charge is 0.226 e. The molecule has 7 heteroatoms. The third kappa shape index (κ3) is 5.09. The van der Waals surface area contributed by atoms with Crippen molar-refractivity contribution >= 4 is 18.3 Å². The number of ether oxygens (including phenoxy) is 2. The number of rotatable bonds is 6. The van der Waals surface area contributed by atoms with Crippen LogP contribution in [0.15, 0.2) is 48.8 Å². The minimum Gasteiger partial charge on any atom is -0.497 e. The van der Waals surface area contributed by atoms with E-state index in [4.69, 9.17) is 9.47 Å². The summed E-state index contributed by atoms with van der Waals surface area (Å²) in [4.78, 5) is 18.7. The number of nitrogens with zero attached hydrogens (tertiary/aromatic N) is 2. The Kier molecular flexibility index (Phi) is 7.69. The van der Waals surface area contributed by atoms with E-state index in [0.717, 1.165) is 30.2 Å². The third-order valence-electron chi connectivity index (χ3n) is 4.28. The summed E-state index contributed by atoms with van der Waals surface area (Å²) in [7, 11) is 1.63. The van der Waals surface area contributed by atoms with Crippen molar-refractivity contribution in [3.8, 4) is 11.5 Å². The summed E-state index contributed by atoms with van der Waals surface area (Å²) in [6, 6.07) is 11.3. The second kappa shape index (κ2) is 9.99. The number of hydrogen-bond acceptors (Lipinski definition) is 5. The highest BCUT2D eigenvalue weighted by molar-refractivity contribution is 5.85. The molecule has 0 bridgehead atoms. The van der Waals surface area contributed by atoms with Gasteiger partial charge in [0.15, 0.2) is 0 Å². The quantitative estimate of drug-likeness (QED) is 0.837. The van der Waals surface area contributed by atoms with Crippen LogP contribution in [0.4, 0.5) is 0 Å². The molecule has 1 aromatic heterocycles. The summed E-state index contributed by atoms with van der Waals surface area (Å²) in [6.45, 7) is 2.61. The maximum atomic E-state index is 12.7. The Morgan fingerprint density at radius 1 is 1.27 bits per heavy atom. The molecular formula is C19H24ClN3O3. The van der Waals surface area contributed by atoms with Gasteiger partial charge in [0, 0.05) is 32.0 Å². The Morgan fingerprint density at radius 3 is 2.73 bits per heavy atom. The molecule has 1 aromatic carbocycles. The summed E-state index contributed by atoms with van der Waals surface area (Å²) in [5.41, 5.74) is 1.05. The van der Waals surface area contributed by atoms with Gasteiger partial charge in [0.25, 0.3) is 0 Å². The molecule has 0 spiro atoms. The van der Waals surface area contributed by atoms with Crippen molar-refractivity contribution in [2.75, 3.05) is 33.4 Å². The maximum Gasteiger partial charge on any atom is 0.226 e. The molecule has 140 valence electrons. The first-order valence-corrected chi connectivity index (χ1v) is 8.45. The zero-order valence-corrected chi connectivity index (χ0v) is 15.6. The fraction of sp³-hybridized carbons (Fsp3) is 0.368. The van der Waals surface area contributed by atoms with E-state index in [1.165, 1.54) is 0 Å². The van der Waals surface area contributed by atoms with Crippen LogP contribution >= 0.6 is 12.4 Å². The van der Waals surface area contributed by atoms with Gasteiger partial charge in [0.05, 0.1) is 26.2 Å². The van der Waals surface area contributed by atoms with E-state index < -0.39 is 0 Å². The van der Waals surface area contributed by atoms with Crippen LogP contribution in [0.5, 0.6) is 11.5 Å². The van der Waals surface area contributed by atoms with E-state index >= 15 is 0 Å². The molecule has 0 saturated carbocycles. The number of carbonyl (C=O) groups excluding carboxylic acids is 1. The predicted octanol–water partition coefficient (Wildman–Crippen LogP) is 2.45. The number of aromatic nitrogens is 1. The van der Waals surface area contributed by atoms with Crippen molar-refractivity contribution in [1.29, 1.82) is 0 Å². The van der Waals surface area contributed by atoms with E-state index in [2.05, 4.69) is 10.3 Å². The van der Waals surface area contributed by atoms with Gasteiger partial charge in [0.1, 0.15) is 11.5 Å². The highest BCUT2D eigenvalue weighted by Gasteiger charge is 2.27. The lowest BCUT2D eigenvalue weighted by Crippen LogP contribution is -2.49. The van der Waals surface area contributed by atoms with E-state index in [1.54, 1.807) is 13.3 Å². The van der Waals surface area contributed by atoms with Crippen LogP contribution < -0.4 is 14.8 Å². The highest BCUT2D eigenvalue weighted by Crippen LogP contribution is 2.22. The molecule has 1 atom stereocenters. The number of hydrogen-bond donors (Lipinski definition) is 1. The van der Waals surface area contributed by atoms with Gasteiger partial charge >= 0.3 is 0 Å². The number of carbonyl (C=O) groups is 1. The van der Waals surface area contributed by atoms with Crippen LogP contribution in [-0.2, 0) is 4.79 Å². The zero-order valence-electron chi connectivity index (χ0n) is 14.8. The van der Waals surface area contributed by atoms with Gasteiger partial charge in [-0.3, -0.25) is 9.78 Å². The van der Waals surface area contributed by atoms with Gasteiger partial charge in [-0.2, -0.15) is 0 Å². The largest absolute Gasteiger partial charge is 0.497 e. The van der Waals surface area contributed by atoms with Gasteiger partial charge in [-0.05, 0) is 35.9 Å². The number of piperazine rings is 1. The Balaban J connectivity index is 0.00000243. The molecule has 2 aromatic rings. The number of benzene rings is 1. The molecule has 1 fully saturated rings.